The molecule has 0 N–H and O–H groups in total. The van der Waals surface area contributed by atoms with Gasteiger partial charge in [0, 0.05) is 30.9 Å². The molecule has 35 heavy (non-hydrogen) atoms. The van der Waals surface area contributed by atoms with Crippen molar-refractivity contribution in [3.05, 3.63) is 58.5 Å². The van der Waals surface area contributed by atoms with Gasteiger partial charge in [0.05, 0.1) is 6.54 Å². The Kier molecular flexibility index (Phi) is 13.2. The second-order valence-electron chi connectivity index (χ2n) is 8.24. The van der Waals surface area contributed by atoms with Gasteiger partial charge in [-0.25, -0.2) is 4.68 Å². The van der Waals surface area contributed by atoms with Crippen LogP contribution in [0.15, 0.2) is 47.4 Å². The first-order valence-electron chi connectivity index (χ1n) is 13.1. The molecule has 2 heterocycles. The van der Waals surface area contributed by atoms with Crippen LogP contribution in [0, 0.1) is 0 Å². The highest BCUT2D eigenvalue weighted by Gasteiger charge is 2.14. The fourth-order valence-corrected chi connectivity index (χ4v) is 4.72. The summed E-state index contributed by atoms with van der Waals surface area (Å²) in [6.07, 6.45) is 6.26. The molecule has 8 heteroatoms. The molecule has 3 aromatic rings. The highest BCUT2D eigenvalue weighted by atomic mass is 32.1. The second-order valence-corrected chi connectivity index (χ2v) is 9.19. The Morgan fingerprint density at radius 2 is 1.71 bits per heavy atom. The Hall–Kier alpha value is -2.58. The van der Waals surface area contributed by atoms with E-state index in [2.05, 4.69) is 58.0 Å². The van der Waals surface area contributed by atoms with Gasteiger partial charge in [-0.05, 0) is 56.6 Å². The topological polar surface area (TPSA) is 67.2 Å². The average molecular weight is 499 g/mol. The van der Waals surface area contributed by atoms with E-state index in [1.54, 1.807) is 23.6 Å². The summed E-state index contributed by atoms with van der Waals surface area (Å²) < 4.78 is 1.47. The van der Waals surface area contributed by atoms with Crippen LogP contribution in [0.1, 0.15) is 65.9 Å². The SMILES string of the molecule is CC.CCCCN(CCCN(CC)CCC)c1nnc(-c2cccc(Cn3ncccc3=O)c2)s1. The third-order valence-corrected chi connectivity index (χ3v) is 6.68. The molecule has 7 nitrogen and oxygen atoms in total. The van der Waals surface area contributed by atoms with Crippen LogP contribution in [0.25, 0.3) is 10.6 Å². The molecule has 0 aliphatic carbocycles. The minimum Gasteiger partial charge on any atom is -0.347 e. The van der Waals surface area contributed by atoms with Crippen LogP contribution in [0.4, 0.5) is 5.13 Å². The predicted octanol–water partition coefficient (Wildman–Crippen LogP) is 5.56. The Morgan fingerprint density at radius 3 is 2.43 bits per heavy atom. The minimum absolute atomic E-state index is 0.103. The lowest BCUT2D eigenvalue weighted by atomic mass is 10.1. The molecule has 0 amide bonds. The van der Waals surface area contributed by atoms with Gasteiger partial charge in [-0.3, -0.25) is 4.79 Å². The Bertz CT molecular complexity index is 1030. The van der Waals surface area contributed by atoms with E-state index < -0.39 is 0 Å². The molecule has 0 bridgehead atoms. The fraction of sp³-hybridized carbons (Fsp3) is 0.556. The molecular weight excluding hydrogens is 456 g/mol. The zero-order chi connectivity index (χ0) is 25.5. The lowest BCUT2D eigenvalue weighted by Crippen LogP contribution is -2.31. The summed E-state index contributed by atoms with van der Waals surface area (Å²) in [7, 11) is 0. The first kappa shape index (κ1) is 28.7. The van der Waals surface area contributed by atoms with Crippen LogP contribution < -0.4 is 10.5 Å². The van der Waals surface area contributed by atoms with E-state index in [9.17, 15) is 4.79 Å². The van der Waals surface area contributed by atoms with Gasteiger partial charge < -0.3 is 9.80 Å². The monoisotopic (exact) mass is 498 g/mol. The molecule has 3 rings (SSSR count). The summed E-state index contributed by atoms with van der Waals surface area (Å²) in [6.45, 7) is 16.5. The summed E-state index contributed by atoms with van der Waals surface area (Å²) >= 11 is 1.64. The molecule has 0 saturated carbocycles. The highest BCUT2D eigenvalue weighted by molar-refractivity contribution is 7.18. The van der Waals surface area contributed by atoms with Crippen LogP contribution >= 0.6 is 11.3 Å². The van der Waals surface area contributed by atoms with Crippen molar-refractivity contribution in [3.63, 3.8) is 0 Å². The molecule has 0 spiro atoms. The van der Waals surface area contributed by atoms with E-state index in [4.69, 9.17) is 0 Å². The number of anilines is 1. The van der Waals surface area contributed by atoms with Gasteiger partial charge in [-0.1, -0.05) is 70.6 Å². The average Bonchev–Trinajstić information content (AvgIpc) is 3.38. The lowest BCUT2D eigenvalue weighted by Gasteiger charge is -2.24. The molecule has 2 aromatic heterocycles. The van der Waals surface area contributed by atoms with Crippen molar-refractivity contribution in [3.8, 4) is 10.6 Å². The lowest BCUT2D eigenvalue weighted by molar-refractivity contribution is 0.286. The highest BCUT2D eigenvalue weighted by Crippen LogP contribution is 2.29. The molecule has 1 aromatic carbocycles. The van der Waals surface area contributed by atoms with Gasteiger partial charge in [-0.2, -0.15) is 5.10 Å². The third kappa shape index (κ3) is 9.18. The summed E-state index contributed by atoms with van der Waals surface area (Å²) in [4.78, 5) is 16.9. The van der Waals surface area contributed by atoms with Crippen LogP contribution in [-0.2, 0) is 6.54 Å². The van der Waals surface area contributed by atoms with Crippen molar-refractivity contribution in [2.75, 3.05) is 37.6 Å². The van der Waals surface area contributed by atoms with Gasteiger partial charge in [0.15, 0.2) is 0 Å². The number of hydrogen-bond acceptors (Lipinski definition) is 7. The maximum atomic E-state index is 12.0. The molecule has 0 radical (unpaired) electrons. The van der Waals surface area contributed by atoms with Gasteiger partial charge in [0.2, 0.25) is 5.13 Å². The van der Waals surface area contributed by atoms with E-state index in [0.717, 1.165) is 73.3 Å². The Balaban J connectivity index is 0.00000210. The molecule has 0 atom stereocenters. The smallest absolute Gasteiger partial charge is 0.267 e. The van der Waals surface area contributed by atoms with Crippen LogP contribution in [0.3, 0.4) is 0 Å². The van der Waals surface area contributed by atoms with Crippen molar-refractivity contribution < 1.29 is 0 Å². The fourth-order valence-electron chi connectivity index (χ4n) is 3.82. The largest absolute Gasteiger partial charge is 0.347 e. The van der Waals surface area contributed by atoms with Crippen LogP contribution in [0.2, 0.25) is 0 Å². The van der Waals surface area contributed by atoms with Gasteiger partial charge in [0.1, 0.15) is 5.01 Å². The molecular formula is C27H42N6OS. The van der Waals surface area contributed by atoms with Crippen molar-refractivity contribution in [2.45, 2.75) is 66.8 Å². The van der Waals surface area contributed by atoms with Crippen molar-refractivity contribution >= 4 is 16.5 Å². The predicted molar refractivity (Wildman–Crippen MR) is 148 cm³/mol. The van der Waals surface area contributed by atoms with Crippen LogP contribution in [-0.4, -0.2) is 57.6 Å². The van der Waals surface area contributed by atoms with Crippen molar-refractivity contribution in [1.29, 1.82) is 0 Å². The van der Waals surface area contributed by atoms with Crippen LogP contribution in [0.5, 0.6) is 0 Å². The summed E-state index contributed by atoms with van der Waals surface area (Å²) in [5, 5.41) is 15.1. The minimum atomic E-state index is -0.103. The molecule has 0 saturated heterocycles. The molecule has 0 unspecified atom stereocenters. The van der Waals surface area contributed by atoms with Crippen molar-refractivity contribution in [2.24, 2.45) is 0 Å². The Morgan fingerprint density at radius 1 is 0.914 bits per heavy atom. The number of nitrogens with zero attached hydrogens (tertiary/aromatic N) is 6. The summed E-state index contributed by atoms with van der Waals surface area (Å²) in [5.41, 5.74) is 1.94. The van der Waals surface area contributed by atoms with Gasteiger partial charge in [-0.15, -0.1) is 10.2 Å². The number of benzene rings is 1. The zero-order valence-corrected chi connectivity index (χ0v) is 22.9. The third-order valence-electron chi connectivity index (χ3n) is 5.65. The Labute approximate surface area is 214 Å². The van der Waals surface area contributed by atoms with E-state index in [0.29, 0.717) is 6.54 Å². The zero-order valence-electron chi connectivity index (χ0n) is 22.1. The van der Waals surface area contributed by atoms with E-state index in [1.165, 1.54) is 17.2 Å². The number of aromatic nitrogens is 4. The van der Waals surface area contributed by atoms with E-state index in [-0.39, 0.29) is 5.56 Å². The standard InChI is InChI=1S/C25H36N6OS.C2H6/c1-4-7-17-30(18-10-16-29(6-3)15-5-2)25-28-27-24(33-25)22-12-8-11-21(19-22)20-31-23(32)13-9-14-26-31;1-2/h8-9,11-14,19H,4-7,10,15-18,20H2,1-3H3;1-2H3. The molecule has 0 aliphatic heterocycles. The molecule has 0 fully saturated rings. The molecule has 192 valence electrons. The van der Waals surface area contributed by atoms with E-state index in [1.807, 2.05) is 26.0 Å². The van der Waals surface area contributed by atoms with Gasteiger partial charge in [0.25, 0.3) is 5.56 Å². The normalized spacial score (nSPS) is 10.8. The quantitative estimate of drug-likeness (QED) is 0.290. The summed E-state index contributed by atoms with van der Waals surface area (Å²) in [5.74, 6) is 0. The molecule has 0 aliphatic rings. The number of hydrogen-bond donors (Lipinski definition) is 0. The summed E-state index contributed by atoms with van der Waals surface area (Å²) in [6, 6.07) is 11.3. The number of unbranched alkanes of at least 4 members (excludes halogenated alkanes) is 1. The van der Waals surface area contributed by atoms with Crippen molar-refractivity contribution in [1.82, 2.24) is 24.9 Å². The van der Waals surface area contributed by atoms with Gasteiger partial charge >= 0.3 is 0 Å². The van der Waals surface area contributed by atoms with E-state index >= 15 is 0 Å². The first-order valence-corrected chi connectivity index (χ1v) is 13.9. The maximum Gasteiger partial charge on any atom is 0.267 e. The number of rotatable bonds is 14. The first-order chi connectivity index (χ1) is 17.1. The second kappa shape index (κ2) is 16.2. The maximum absolute atomic E-state index is 12.0.